The molecule has 0 bridgehead atoms. The van der Waals surface area contributed by atoms with Crippen LogP contribution in [0.5, 0.6) is 23.0 Å². The first-order valence-corrected chi connectivity index (χ1v) is 25.1. The van der Waals surface area contributed by atoms with Gasteiger partial charge in [0, 0.05) is 80.9 Å². The van der Waals surface area contributed by atoms with Crippen LogP contribution in [0.3, 0.4) is 0 Å². The molecule has 4 aliphatic heterocycles. The number of ether oxygens (including phenoxy) is 4. The number of amides is 2. The zero-order valence-electron chi connectivity index (χ0n) is 39.1. The molecule has 4 aromatic carbocycles. The van der Waals surface area contributed by atoms with Crippen LogP contribution in [0.25, 0.3) is 0 Å². The van der Waals surface area contributed by atoms with Gasteiger partial charge in [-0.15, -0.1) is 12.4 Å². The van der Waals surface area contributed by atoms with E-state index in [4.69, 9.17) is 18.9 Å². The molecular weight excluding hydrogens is 920 g/mol. The summed E-state index contributed by atoms with van der Waals surface area (Å²) in [6.07, 6.45) is 9.44. The van der Waals surface area contributed by atoms with Gasteiger partial charge in [-0.2, -0.15) is 0 Å². The van der Waals surface area contributed by atoms with Crippen molar-refractivity contribution >= 4 is 62.9 Å². The van der Waals surface area contributed by atoms with Crippen molar-refractivity contribution in [2.24, 2.45) is 0 Å². The molecule has 2 fully saturated rings. The molecule has 12 nitrogen and oxygen atoms in total. The Balaban J connectivity index is 0.000000203. The number of rotatable bonds is 17. The van der Waals surface area contributed by atoms with E-state index in [1.807, 2.05) is 56.3 Å². The van der Waals surface area contributed by atoms with Gasteiger partial charge in [0.15, 0.2) is 0 Å². The second-order valence-corrected chi connectivity index (χ2v) is 17.4. The van der Waals surface area contributed by atoms with Crippen LogP contribution in [-0.2, 0) is 22.4 Å². The fourth-order valence-corrected chi connectivity index (χ4v) is 8.81. The number of unbranched alkanes of at least 4 members (excludes halogenated alkanes) is 2. The summed E-state index contributed by atoms with van der Waals surface area (Å²) < 4.78 is 23.1. The highest BCUT2D eigenvalue weighted by Crippen LogP contribution is 2.31. The molecule has 3 N–H and O–H groups in total. The van der Waals surface area contributed by atoms with E-state index in [1.54, 1.807) is 0 Å². The van der Waals surface area contributed by atoms with Gasteiger partial charge in [0.2, 0.25) is 11.8 Å². The molecule has 14 heteroatoms. The number of hydrogen-bond donors (Lipinski definition) is 3. The molecule has 360 valence electrons. The zero-order valence-corrected chi connectivity index (χ0v) is 41.5. The number of fused-ring (bicyclic) bond motifs is 2. The summed E-state index contributed by atoms with van der Waals surface area (Å²) in [5.74, 6) is 3.85. The Morgan fingerprint density at radius 2 is 1.11 bits per heavy atom. The van der Waals surface area contributed by atoms with Gasteiger partial charge in [-0.05, 0) is 132 Å². The third-order valence-electron chi connectivity index (χ3n) is 11.8. The number of alkyl halides is 1. The van der Waals surface area contributed by atoms with Crippen molar-refractivity contribution in [1.82, 2.24) is 10.2 Å². The second-order valence-electron chi connectivity index (χ2n) is 16.6. The molecule has 0 unspecified atom stereocenters. The molecule has 2 saturated heterocycles. The van der Waals surface area contributed by atoms with E-state index in [0.717, 1.165) is 157 Å². The average Bonchev–Trinajstić information content (AvgIpc) is 3.75. The molecule has 66 heavy (non-hydrogen) atoms. The fraction of sp³-hybridized carbons (Fsp3) is 0.500. The Morgan fingerprint density at radius 3 is 1.68 bits per heavy atom. The van der Waals surface area contributed by atoms with Crippen molar-refractivity contribution in [3.05, 3.63) is 96.1 Å². The van der Waals surface area contributed by atoms with E-state index >= 15 is 0 Å². The van der Waals surface area contributed by atoms with E-state index in [9.17, 15) is 9.59 Å². The molecular formula is C52H72BrClN6O6. The maximum atomic E-state index is 11.6. The molecule has 4 heterocycles. The van der Waals surface area contributed by atoms with Crippen LogP contribution in [0, 0.1) is 0 Å². The molecule has 2 amide bonds. The summed E-state index contributed by atoms with van der Waals surface area (Å²) in [5, 5.41) is 10.2. The third kappa shape index (κ3) is 16.9. The van der Waals surface area contributed by atoms with Crippen LogP contribution in [0.2, 0.25) is 0 Å². The minimum Gasteiger partial charge on any atom is -0.494 e. The quantitative estimate of drug-likeness (QED) is 0.0698. The van der Waals surface area contributed by atoms with Crippen molar-refractivity contribution in [2.45, 2.75) is 78.1 Å². The van der Waals surface area contributed by atoms with Crippen LogP contribution in [0.4, 0.5) is 22.7 Å². The van der Waals surface area contributed by atoms with Gasteiger partial charge in [0.25, 0.3) is 0 Å². The second kappa shape index (κ2) is 29.2. The number of nitrogens with one attached hydrogen (secondary N) is 3. The number of nitrogens with zero attached hydrogens (tertiary/aromatic N) is 3. The van der Waals surface area contributed by atoms with Gasteiger partial charge in [-0.25, -0.2) is 0 Å². The first-order chi connectivity index (χ1) is 31.9. The summed E-state index contributed by atoms with van der Waals surface area (Å²) in [6.45, 7) is 16.7. The third-order valence-corrected chi connectivity index (χ3v) is 12.4. The Hall–Kier alpha value is -4.69. The van der Waals surface area contributed by atoms with Crippen molar-refractivity contribution in [1.29, 1.82) is 0 Å². The van der Waals surface area contributed by atoms with E-state index in [1.165, 1.54) is 28.9 Å². The highest BCUT2D eigenvalue weighted by Gasteiger charge is 2.19. The highest BCUT2D eigenvalue weighted by atomic mass is 79.9. The number of hydrogen-bond acceptors (Lipinski definition) is 10. The predicted molar refractivity (Wildman–Crippen MR) is 275 cm³/mol. The van der Waals surface area contributed by atoms with Crippen molar-refractivity contribution in [3.8, 4) is 23.0 Å². The SMILES string of the molecule is CCOc1ccccc1N1CCCN(CCCCOc2ccc3c(c2)NC(=O)CC3)CC1.CCOc1ccccc1N1CCCNCC1.Cl.O=C1CCc2ccc(OCCCCBr)cc2N1. The number of carbonyl (C=O) groups excluding carboxylic acids is 2. The molecule has 0 aromatic heterocycles. The lowest BCUT2D eigenvalue weighted by atomic mass is 10.0. The molecule has 8 rings (SSSR count). The van der Waals surface area contributed by atoms with Crippen LogP contribution in [0.1, 0.15) is 76.3 Å². The predicted octanol–water partition coefficient (Wildman–Crippen LogP) is 9.77. The minimum atomic E-state index is 0. The number of carbonyl (C=O) groups is 2. The lowest BCUT2D eigenvalue weighted by Crippen LogP contribution is -2.31. The summed E-state index contributed by atoms with van der Waals surface area (Å²) in [4.78, 5) is 30.3. The van der Waals surface area contributed by atoms with E-state index in [-0.39, 0.29) is 24.2 Å². The van der Waals surface area contributed by atoms with Crippen molar-refractivity contribution in [2.75, 3.05) is 111 Å². The van der Waals surface area contributed by atoms with Gasteiger partial charge in [-0.3, -0.25) is 9.59 Å². The van der Waals surface area contributed by atoms with E-state index < -0.39 is 0 Å². The number of benzene rings is 4. The Morgan fingerprint density at radius 1 is 0.561 bits per heavy atom. The average molecular weight is 993 g/mol. The number of anilines is 4. The maximum absolute atomic E-state index is 11.6. The molecule has 4 aromatic rings. The monoisotopic (exact) mass is 990 g/mol. The zero-order chi connectivity index (χ0) is 45.5. The Labute approximate surface area is 408 Å². The lowest BCUT2D eigenvalue weighted by molar-refractivity contribution is -0.117. The Bertz CT molecular complexity index is 2070. The van der Waals surface area contributed by atoms with E-state index in [2.05, 4.69) is 89.0 Å². The Kier molecular flexibility index (Phi) is 23.1. The first kappa shape index (κ1) is 52.3. The van der Waals surface area contributed by atoms with Gasteiger partial charge in [0.1, 0.15) is 23.0 Å². The molecule has 0 atom stereocenters. The molecule has 0 saturated carbocycles. The van der Waals surface area contributed by atoms with Gasteiger partial charge >= 0.3 is 0 Å². The van der Waals surface area contributed by atoms with Crippen LogP contribution >= 0.6 is 28.3 Å². The highest BCUT2D eigenvalue weighted by molar-refractivity contribution is 9.09. The molecule has 4 aliphatic rings. The van der Waals surface area contributed by atoms with E-state index in [0.29, 0.717) is 26.1 Å². The standard InChI is InChI=1S/C26H35N3O3.C13H16BrNO2.C13H20N2O.ClH/c1-2-31-25-9-4-3-8-24(25)29-16-7-15-28(17-18-29)14-5-6-19-32-22-12-10-21-11-13-26(30)27-23(21)20-22;14-7-1-2-8-17-11-5-3-10-4-6-13(16)15-12(10)9-11;1-2-16-13-7-4-3-6-12(13)15-10-5-8-14-9-11-15;/h3-4,8-10,12,20H,2,5-7,11,13-19H2,1H3,(H,27,30);3,5,9H,1-2,4,6-8H2,(H,15,16);3-4,6-7,14H,2,5,8-11H2,1H3;1H. The largest absolute Gasteiger partial charge is 0.494 e. The van der Waals surface area contributed by atoms with Gasteiger partial charge in [0.05, 0.1) is 37.8 Å². The lowest BCUT2D eigenvalue weighted by Gasteiger charge is -2.25. The summed E-state index contributed by atoms with van der Waals surface area (Å²) in [6, 6.07) is 28.7. The number of halogens is 2. The normalized spacial score (nSPS) is 15.9. The summed E-state index contributed by atoms with van der Waals surface area (Å²) >= 11 is 3.39. The van der Waals surface area contributed by atoms with Gasteiger partial charge < -0.3 is 49.6 Å². The summed E-state index contributed by atoms with van der Waals surface area (Å²) in [5.41, 5.74) is 6.63. The molecule has 0 aliphatic carbocycles. The number of aryl methyl sites for hydroxylation is 2. The first-order valence-electron chi connectivity index (χ1n) is 24.0. The maximum Gasteiger partial charge on any atom is 0.224 e. The molecule has 0 spiro atoms. The fourth-order valence-electron chi connectivity index (χ4n) is 8.41. The molecule has 0 radical (unpaired) electrons. The topological polar surface area (TPSA) is 117 Å². The van der Waals surface area contributed by atoms with Crippen LogP contribution < -0.4 is 44.7 Å². The smallest absolute Gasteiger partial charge is 0.224 e. The number of para-hydroxylation sites is 4. The van der Waals surface area contributed by atoms with Crippen LogP contribution in [0.15, 0.2) is 84.9 Å². The van der Waals surface area contributed by atoms with Crippen molar-refractivity contribution in [3.63, 3.8) is 0 Å². The minimum absolute atomic E-state index is 0. The van der Waals surface area contributed by atoms with Crippen LogP contribution in [-0.4, -0.2) is 107 Å². The summed E-state index contributed by atoms with van der Waals surface area (Å²) in [7, 11) is 0. The van der Waals surface area contributed by atoms with Gasteiger partial charge in [-0.1, -0.05) is 52.3 Å². The van der Waals surface area contributed by atoms with Crippen molar-refractivity contribution < 1.29 is 28.5 Å².